The van der Waals surface area contributed by atoms with Gasteiger partial charge in [0, 0.05) is 5.56 Å². The molecule has 0 saturated heterocycles. The van der Waals surface area contributed by atoms with Crippen molar-refractivity contribution in [2.24, 2.45) is 0 Å². The highest BCUT2D eigenvalue weighted by Crippen LogP contribution is 2.29. The third-order valence-corrected chi connectivity index (χ3v) is 5.37. The van der Waals surface area contributed by atoms with Gasteiger partial charge in [-0.2, -0.15) is 0 Å². The number of carbonyl (C=O) groups is 2. The quantitative estimate of drug-likeness (QED) is 0.470. The number of carbonyl (C=O) groups excluding carboxylic acids is 2. The molecule has 0 aliphatic heterocycles. The van der Waals surface area contributed by atoms with Crippen LogP contribution in [-0.4, -0.2) is 23.3 Å². The van der Waals surface area contributed by atoms with Gasteiger partial charge in [0.15, 0.2) is 6.61 Å². The zero-order valence-corrected chi connectivity index (χ0v) is 15.0. The minimum absolute atomic E-state index is 0.275. The molecule has 7 heteroatoms. The summed E-state index contributed by atoms with van der Waals surface area (Å²) in [6.45, 7) is 1.51. The average Bonchev–Trinajstić information content (AvgIpc) is 3.19. The Hall–Kier alpha value is -2.02. The zero-order chi connectivity index (χ0) is 17.1. The summed E-state index contributed by atoms with van der Waals surface area (Å²) in [5.41, 5.74) is 1.42. The van der Waals surface area contributed by atoms with Gasteiger partial charge in [-0.15, -0.1) is 22.7 Å². The summed E-state index contributed by atoms with van der Waals surface area (Å²) in [7, 11) is 0. The van der Waals surface area contributed by atoms with Crippen molar-refractivity contribution in [3.63, 3.8) is 0 Å². The van der Waals surface area contributed by atoms with E-state index in [1.165, 1.54) is 11.3 Å². The molecule has 0 N–H and O–H groups in total. The Morgan fingerprint density at radius 1 is 1.12 bits per heavy atom. The third kappa shape index (κ3) is 3.72. The molecule has 2 aromatic heterocycles. The number of esters is 1. The Morgan fingerprint density at radius 2 is 1.88 bits per heavy atom. The number of benzene rings is 1. The number of rotatable bonds is 5. The number of nitrogens with zero attached hydrogens (tertiary/aromatic N) is 1. The van der Waals surface area contributed by atoms with Gasteiger partial charge in [-0.25, -0.2) is 9.78 Å². The van der Waals surface area contributed by atoms with E-state index in [1.807, 2.05) is 37.3 Å². The smallest absolute Gasteiger partial charge is 0.351 e. The topological polar surface area (TPSA) is 56.3 Å². The van der Waals surface area contributed by atoms with E-state index in [1.54, 1.807) is 12.1 Å². The number of thiophene rings is 1. The molecule has 0 aliphatic carbocycles. The number of ketones is 1. The first-order chi connectivity index (χ1) is 11.5. The summed E-state index contributed by atoms with van der Waals surface area (Å²) >= 11 is 8.22. The summed E-state index contributed by atoms with van der Waals surface area (Å²) in [5.74, 6) is -0.821. The molecule has 1 aromatic carbocycles. The lowest BCUT2D eigenvalue weighted by molar-refractivity contribution is 0.0481. The Balaban J connectivity index is 1.75. The molecule has 0 bridgehead atoms. The molecule has 0 radical (unpaired) electrons. The van der Waals surface area contributed by atoms with Crippen LogP contribution in [0.25, 0.3) is 11.3 Å². The fraction of sp³-hybridized carbons (Fsp3) is 0.118. The summed E-state index contributed by atoms with van der Waals surface area (Å²) in [6, 6.07) is 12.7. The standard InChI is InChI=1S/C17H12ClNO3S2/c1-10-19-15(11-5-3-2-4-6-11)16(23-10)17(21)22-9-12(20)13-7-8-14(18)24-13/h2-8H,9H2,1H3. The number of ether oxygens (including phenoxy) is 1. The number of thiazole rings is 1. The number of Topliss-reactive ketones (excluding diaryl/α,β-unsaturated/α-hetero) is 1. The molecule has 3 aromatic rings. The molecule has 0 spiro atoms. The van der Waals surface area contributed by atoms with E-state index in [4.69, 9.17) is 16.3 Å². The van der Waals surface area contributed by atoms with Crippen LogP contribution in [0, 0.1) is 6.92 Å². The molecule has 0 aliphatic rings. The van der Waals surface area contributed by atoms with Crippen molar-refractivity contribution in [2.75, 3.05) is 6.61 Å². The molecule has 2 heterocycles. The maximum atomic E-state index is 12.4. The van der Waals surface area contributed by atoms with Gasteiger partial charge >= 0.3 is 5.97 Å². The first-order valence-electron chi connectivity index (χ1n) is 7.03. The molecule has 24 heavy (non-hydrogen) atoms. The van der Waals surface area contributed by atoms with E-state index in [0.717, 1.165) is 21.9 Å². The first kappa shape index (κ1) is 16.8. The summed E-state index contributed by atoms with van der Waals surface area (Å²) < 4.78 is 5.70. The molecule has 0 amide bonds. The lowest BCUT2D eigenvalue weighted by atomic mass is 10.1. The van der Waals surface area contributed by atoms with Crippen molar-refractivity contribution >= 4 is 46.0 Å². The van der Waals surface area contributed by atoms with Gasteiger partial charge in [0.25, 0.3) is 0 Å². The van der Waals surface area contributed by atoms with E-state index in [-0.39, 0.29) is 12.4 Å². The van der Waals surface area contributed by atoms with Gasteiger partial charge < -0.3 is 4.74 Å². The molecule has 122 valence electrons. The van der Waals surface area contributed by atoms with E-state index < -0.39 is 5.97 Å². The lowest BCUT2D eigenvalue weighted by Gasteiger charge is -2.04. The van der Waals surface area contributed by atoms with Crippen LogP contribution in [-0.2, 0) is 4.74 Å². The van der Waals surface area contributed by atoms with Gasteiger partial charge in [-0.05, 0) is 19.1 Å². The van der Waals surface area contributed by atoms with Crippen LogP contribution >= 0.6 is 34.3 Å². The zero-order valence-electron chi connectivity index (χ0n) is 12.6. The van der Waals surface area contributed by atoms with Gasteiger partial charge in [0.2, 0.25) is 5.78 Å². The van der Waals surface area contributed by atoms with Crippen LogP contribution in [0.5, 0.6) is 0 Å². The van der Waals surface area contributed by atoms with Crippen LogP contribution in [0.1, 0.15) is 24.4 Å². The normalized spacial score (nSPS) is 10.6. The van der Waals surface area contributed by atoms with Gasteiger partial charge in [-0.3, -0.25) is 4.79 Å². The van der Waals surface area contributed by atoms with Gasteiger partial charge in [0.05, 0.1) is 19.9 Å². The van der Waals surface area contributed by atoms with E-state index >= 15 is 0 Å². The first-order valence-corrected chi connectivity index (χ1v) is 9.04. The Kier molecular flexibility index (Phi) is 5.08. The molecule has 0 atom stereocenters. The second-order valence-corrected chi connectivity index (χ2v) is 7.80. The third-order valence-electron chi connectivity index (χ3n) is 3.15. The van der Waals surface area contributed by atoms with Crippen LogP contribution in [0.4, 0.5) is 0 Å². The van der Waals surface area contributed by atoms with Crippen LogP contribution in [0.15, 0.2) is 42.5 Å². The molecule has 0 fully saturated rings. The Labute approximate surface area is 151 Å². The maximum Gasteiger partial charge on any atom is 0.351 e. The molecule has 0 saturated carbocycles. The minimum Gasteiger partial charge on any atom is -0.453 e. The molecule has 3 rings (SSSR count). The minimum atomic E-state index is -0.546. The van der Waals surface area contributed by atoms with Gasteiger partial charge in [0.1, 0.15) is 4.88 Å². The summed E-state index contributed by atoms with van der Waals surface area (Å²) in [6.07, 6.45) is 0. The van der Waals surface area contributed by atoms with Crippen molar-refractivity contribution in [2.45, 2.75) is 6.92 Å². The van der Waals surface area contributed by atoms with Crippen molar-refractivity contribution in [1.82, 2.24) is 4.98 Å². The van der Waals surface area contributed by atoms with Crippen LogP contribution in [0.3, 0.4) is 0 Å². The fourth-order valence-corrected chi connectivity index (χ4v) is 3.89. The fourth-order valence-electron chi connectivity index (χ4n) is 2.09. The summed E-state index contributed by atoms with van der Waals surface area (Å²) in [5, 5.41) is 0.761. The number of aromatic nitrogens is 1. The number of aryl methyl sites for hydroxylation is 1. The molecular weight excluding hydrogens is 366 g/mol. The predicted molar refractivity (Wildman–Crippen MR) is 96.2 cm³/mol. The molecule has 4 nitrogen and oxygen atoms in total. The summed E-state index contributed by atoms with van der Waals surface area (Å²) in [4.78, 5) is 29.7. The van der Waals surface area contributed by atoms with Crippen molar-refractivity contribution in [3.05, 3.63) is 61.6 Å². The van der Waals surface area contributed by atoms with Crippen LogP contribution in [0.2, 0.25) is 4.34 Å². The average molecular weight is 378 g/mol. The number of hydrogen-bond acceptors (Lipinski definition) is 6. The van der Waals surface area contributed by atoms with Gasteiger partial charge in [-0.1, -0.05) is 41.9 Å². The Bertz CT molecular complexity index is 886. The Morgan fingerprint density at radius 3 is 2.54 bits per heavy atom. The maximum absolute atomic E-state index is 12.4. The second-order valence-electron chi connectivity index (χ2n) is 4.88. The molecular formula is C17H12ClNO3S2. The highest BCUT2D eigenvalue weighted by atomic mass is 35.5. The highest BCUT2D eigenvalue weighted by molar-refractivity contribution is 7.18. The van der Waals surface area contributed by atoms with E-state index in [0.29, 0.717) is 19.8 Å². The predicted octanol–water partition coefficient (Wildman–Crippen LogP) is 4.87. The van der Waals surface area contributed by atoms with E-state index in [2.05, 4.69) is 4.98 Å². The lowest BCUT2D eigenvalue weighted by Crippen LogP contribution is -2.13. The number of halogens is 1. The monoisotopic (exact) mass is 377 g/mol. The SMILES string of the molecule is Cc1nc(-c2ccccc2)c(C(=O)OCC(=O)c2ccc(Cl)s2)s1. The largest absolute Gasteiger partial charge is 0.453 e. The van der Waals surface area contributed by atoms with Crippen LogP contribution < -0.4 is 0 Å². The number of hydrogen-bond donors (Lipinski definition) is 0. The van der Waals surface area contributed by atoms with Crippen molar-refractivity contribution in [1.29, 1.82) is 0 Å². The second kappa shape index (κ2) is 7.25. The van der Waals surface area contributed by atoms with Crippen molar-refractivity contribution < 1.29 is 14.3 Å². The van der Waals surface area contributed by atoms with Crippen molar-refractivity contribution in [3.8, 4) is 11.3 Å². The highest BCUT2D eigenvalue weighted by Gasteiger charge is 2.21. The molecule has 0 unspecified atom stereocenters. The van der Waals surface area contributed by atoms with E-state index in [9.17, 15) is 9.59 Å².